The molecule has 120 valence electrons. The molecule has 0 aliphatic rings. The minimum absolute atomic E-state index is 0.0509. The molecule has 2 heteroatoms. The minimum atomic E-state index is -0.0509. The van der Waals surface area contributed by atoms with Gasteiger partial charge < -0.3 is 10.1 Å². The highest BCUT2D eigenvalue weighted by Gasteiger charge is 2.21. The summed E-state index contributed by atoms with van der Waals surface area (Å²) in [7, 11) is 1.80. The van der Waals surface area contributed by atoms with Gasteiger partial charge in [0.1, 0.15) is 0 Å². The van der Waals surface area contributed by atoms with Crippen LogP contribution in [0.1, 0.15) is 64.5 Å². The number of rotatable bonds is 7. The molecule has 1 aromatic carbocycles. The van der Waals surface area contributed by atoms with Gasteiger partial charge in [-0.05, 0) is 65.9 Å². The molecule has 21 heavy (non-hydrogen) atoms. The van der Waals surface area contributed by atoms with Crippen LogP contribution in [-0.4, -0.2) is 24.8 Å². The van der Waals surface area contributed by atoms with Crippen molar-refractivity contribution in [1.29, 1.82) is 0 Å². The number of nitrogens with one attached hydrogen (secondary N) is 1. The molecule has 0 saturated heterocycles. The van der Waals surface area contributed by atoms with E-state index in [0.29, 0.717) is 5.92 Å². The number of hydrogen-bond acceptors (Lipinski definition) is 2. The van der Waals surface area contributed by atoms with Gasteiger partial charge in [-0.3, -0.25) is 0 Å². The lowest BCUT2D eigenvalue weighted by Gasteiger charge is -2.29. The summed E-state index contributed by atoms with van der Waals surface area (Å²) in [6.45, 7) is 14.1. The third kappa shape index (κ3) is 7.10. The smallest absolute Gasteiger partial charge is 0.0623 e. The van der Waals surface area contributed by atoms with E-state index in [1.54, 1.807) is 7.11 Å². The van der Waals surface area contributed by atoms with Crippen LogP contribution in [-0.2, 0) is 4.74 Å². The van der Waals surface area contributed by atoms with Gasteiger partial charge in [0, 0.05) is 19.2 Å². The summed E-state index contributed by atoms with van der Waals surface area (Å²) in [6, 6.07) is 8.95. The fraction of sp³-hybridized carbons (Fsp3) is 0.684. The molecule has 0 bridgehead atoms. The molecular weight excluding hydrogens is 258 g/mol. The standard InChI is InChI=1S/C19H33NO/c1-15-8-10-16(11-9-15)17(14-20-18(2,3)4)12-13-19(5,6)21-7/h8-11,17,20H,12-14H2,1-7H3. The summed E-state index contributed by atoms with van der Waals surface area (Å²) < 4.78 is 5.57. The van der Waals surface area contributed by atoms with Gasteiger partial charge in [0.05, 0.1) is 5.60 Å². The van der Waals surface area contributed by atoms with Crippen LogP contribution in [0, 0.1) is 6.92 Å². The van der Waals surface area contributed by atoms with E-state index in [4.69, 9.17) is 4.74 Å². The number of benzene rings is 1. The first-order valence-corrected chi connectivity index (χ1v) is 8.00. The van der Waals surface area contributed by atoms with Crippen molar-refractivity contribution < 1.29 is 4.74 Å². The van der Waals surface area contributed by atoms with E-state index < -0.39 is 0 Å². The van der Waals surface area contributed by atoms with E-state index in [0.717, 1.165) is 19.4 Å². The van der Waals surface area contributed by atoms with E-state index in [1.165, 1.54) is 11.1 Å². The molecule has 2 nitrogen and oxygen atoms in total. The first kappa shape index (κ1) is 18.2. The molecule has 0 amide bonds. The monoisotopic (exact) mass is 291 g/mol. The minimum Gasteiger partial charge on any atom is -0.379 e. The molecule has 0 saturated carbocycles. The highest BCUT2D eigenvalue weighted by molar-refractivity contribution is 5.25. The van der Waals surface area contributed by atoms with Gasteiger partial charge in [-0.15, -0.1) is 0 Å². The van der Waals surface area contributed by atoms with Crippen LogP contribution in [0.5, 0.6) is 0 Å². The largest absolute Gasteiger partial charge is 0.379 e. The van der Waals surface area contributed by atoms with E-state index in [9.17, 15) is 0 Å². The number of hydrogen-bond donors (Lipinski definition) is 1. The summed E-state index contributed by atoms with van der Waals surface area (Å²) in [5.41, 5.74) is 2.84. The van der Waals surface area contributed by atoms with Crippen molar-refractivity contribution in [3.63, 3.8) is 0 Å². The molecule has 0 radical (unpaired) electrons. The molecule has 0 aliphatic carbocycles. The fourth-order valence-corrected chi connectivity index (χ4v) is 2.28. The molecule has 1 N–H and O–H groups in total. The predicted molar refractivity (Wildman–Crippen MR) is 92.0 cm³/mol. The Labute approximate surface area is 131 Å². The average molecular weight is 291 g/mol. The first-order valence-electron chi connectivity index (χ1n) is 8.00. The Kier molecular flexibility index (Phi) is 6.42. The summed E-state index contributed by atoms with van der Waals surface area (Å²) >= 11 is 0. The third-order valence-corrected chi connectivity index (χ3v) is 4.07. The summed E-state index contributed by atoms with van der Waals surface area (Å²) in [5.74, 6) is 0.527. The maximum atomic E-state index is 5.57. The summed E-state index contributed by atoms with van der Waals surface area (Å²) in [4.78, 5) is 0. The van der Waals surface area contributed by atoms with Gasteiger partial charge in [0.2, 0.25) is 0 Å². The zero-order valence-corrected chi connectivity index (χ0v) is 14.9. The highest BCUT2D eigenvalue weighted by Crippen LogP contribution is 2.26. The van der Waals surface area contributed by atoms with Crippen molar-refractivity contribution >= 4 is 0 Å². The quantitative estimate of drug-likeness (QED) is 0.788. The van der Waals surface area contributed by atoms with E-state index in [-0.39, 0.29) is 11.1 Å². The lowest BCUT2D eigenvalue weighted by atomic mass is 9.88. The van der Waals surface area contributed by atoms with Crippen LogP contribution >= 0.6 is 0 Å². The Morgan fingerprint density at radius 2 is 1.62 bits per heavy atom. The van der Waals surface area contributed by atoms with Gasteiger partial charge in [-0.25, -0.2) is 0 Å². The predicted octanol–water partition coefficient (Wildman–Crippen LogP) is 4.67. The van der Waals surface area contributed by atoms with Gasteiger partial charge in [0.25, 0.3) is 0 Å². The molecule has 0 aromatic heterocycles. The fourth-order valence-electron chi connectivity index (χ4n) is 2.28. The summed E-state index contributed by atoms with van der Waals surface area (Å²) in [5, 5.41) is 3.65. The number of methoxy groups -OCH3 is 1. The lowest BCUT2D eigenvalue weighted by molar-refractivity contribution is 0.0123. The molecule has 1 aromatic rings. The van der Waals surface area contributed by atoms with Crippen molar-refractivity contribution in [1.82, 2.24) is 5.32 Å². The second kappa shape index (κ2) is 7.42. The SMILES string of the molecule is COC(C)(C)CCC(CNC(C)(C)C)c1ccc(C)cc1. The second-order valence-corrected chi connectivity index (χ2v) is 7.74. The zero-order valence-electron chi connectivity index (χ0n) is 14.9. The Hall–Kier alpha value is -0.860. The van der Waals surface area contributed by atoms with Gasteiger partial charge >= 0.3 is 0 Å². The molecule has 1 atom stereocenters. The Bertz CT molecular complexity index is 414. The Morgan fingerprint density at radius 3 is 2.10 bits per heavy atom. The van der Waals surface area contributed by atoms with Crippen molar-refractivity contribution in [3.05, 3.63) is 35.4 Å². The van der Waals surface area contributed by atoms with Crippen LogP contribution in [0.3, 0.4) is 0 Å². The van der Waals surface area contributed by atoms with Crippen LogP contribution in [0.15, 0.2) is 24.3 Å². The van der Waals surface area contributed by atoms with Crippen LogP contribution in [0.2, 0.25) is 0 Å². The van der Waals surface area contributed by atoms with Crippen molar-refractivity contribution in [3.8, 4) is 0 Å². The molecule has 0 fully saturated rings. The molecular formula is C19H33NO. The zero-order chi connectivity index (χ0) is 16.1. The maximum absolute atomic E-state index is 5.57. The molecule has 1 rings (SSSR count). The number of aryl methyl sites for hydroxylation is 1. The van der Waals surface area contributed by atoms with Crippen molar-refractivity contribution in [2.24, 2.45) is 0 Å². The second-order valence-electron chi connectivity index (χ2n) is 7.74. The first-order chi connectivity index (χ1) is 9.63. The van der Waals surface area contributed by atoms with Gasteiger partial charge in [0.15, 0.2) is 0 Å². The molecule has 0 aliphatic heterocycles. The van der Waals surface area contributed by atoms with Crippen molar-refractivity contribution in [2.45, 2.75) is 71.4 Å². The maximum Gasteiger partial charge on any atom is 0.0623 e. The van der Waals surface area contributed by atoms with Gasteiger partial charge in [-0.2, -0.15) is 0 Å². The lowest BCUT2D eigenvalue weighted by Crippen LogP contribution is -2.39. The average Bonchev–Trinajstić information content (AvgIpc) is 2.39. The van der Waals surface area contributed by atoms with Crippen molar-refractivity contribution in [2.75, 3.05) is 13.7 Å². The van der Waals surface area contributed by atoms with E-state index in [2.05, 4.69) is 71.1 Å². The number of ether oxygens (including phenoxy) is 1. The highest BCUT2D eigenvalue weighted by atomic mass is 16.5. The van der Waals surface area contributed by atoms with Crippen LogP contribution in [0.25, 0.3) is 0 Å². The van der Waals surface area contributed by atoms with E-state index in [1.807, 2.05) is 0 Å². The van der Waals surface area contributed by atoms with Gasteiger partial charge in [-0.1, -0.05) is 29.8 Å². The third-order valence-electron chi connectivity index (χ3n) is 4.07. The summed E-state index contributed by atoms with van der Waals surface area (Å²) in [6.07, 6.45) is 2.20. The molecule has 0 heterocycles. The Balaban J connectivity index is 2.77. The normalized spacial score (nSPS) is 14.2. The molecule has 1 unspecified atom stereocenters. The topological polar surface area (TPSA) is 21.3 Å². The van der Waals surface area contributed by atoms with Crippen LogP contribution in [0.4, 0.5) is 0 Å². The van der Waals surface area contributed by atoms with Crippen LogP contribution < -0.4 is 5.32 Å². The molecule has 0 spiro atoms. The Morgan fingerprint density at radius 1 is 1.05 bits per heavy atom. The van der Waals surface area contributed by atoms with E-state index >= 15 is 0 Å².